The molecule has 1 aromatic rings. The van der Waals surface area contributed by atoms with Crippen molar-refractivity contribution in [2.45, 2.75) is 117 Å². The predicted octanol–water partition coefficient (Wildman–Crippen LogP) is 6.42. The first-order valence-corrected chi connectivity index (χ1v) is 14.7. The maximum atomic E-state index is 9.65. The topological polar surface area (TPSA) is 132 Å². The van der Waals surface area contributed by atoms with Crippen LogP contribution in [-0.4, -0.2) is 60.8 Å². The average Bonchev–Trinajstić information content (AvgIpc) is 3.68. The zero-order valence-corrected chi connectivity index (χ0v) is 23.5. The third kappa shape index (κ3) is 34.9. The third-order valence-electron chi connectivity index (χ3n) is 5.29. The van der Waals surface area contributed by atoms with Gasteiger partial charge < -0.3 is 19.3 Å². The van der Waals surface area contributed by atoms with Crippen molar-refractivity contribution in [2.24, 2.45) is 0 Å². The van der Waals surface area contributed by atoms with Crippen LogP contribution in [0.15, 0.2) is 24.3 Å². The van der Waals surface area contributed by atoms with E-state index in [1.54, 1.807) is 6.07 Å². The van der Waals surface area contributed by atoms with Crippen LogP contribution in [0, 0.1) is 0 Å². The van der Waals surface area contributed by atoms with Gasteiger partial charge in [-0.05, 0) is 45.2 Å². The highest BCUT2D eigenvalue weighted by Gasteiger charge is 2.14. The van der Waals surface area contributed by atoms with Gasteiger partial charge in [-0.1, -0.05) is 82.9 Å². The molecule has 3 heterocycles. The van der Waals surface area contributed by atoms with Crippen molar-refractivity contribution < 1.29 is 36.8 Å². The number of phenols is 1. The van der Waals surface area contributed by atoms with Gasteiger partial charge in [0.25, 0.3) is 0 Å². The van der Waals surface area contributed by atoms with E-state index in [2.05, 4.69) is 27.7 Å². The summed E-state index contributed by atoms with van der Waals surface area (Å²) in [6.07, 6.45) is 16.4. The predicted molar refractivity (Wildman–Crippen MR) is 144 cm³/mol. The number of unbranched alkanes of at least 4 members (excludes halogenated alkanes) is 9. The molecule has 36 heavy (non-hydrogen) atoms. The fraction of sp³-hybridized carbons (Fsp3) is 0.778. The molecule has 3 N–H and O–H groups in total. The van der Waals surface area contributed by atoms with Gasteiger partial charge in [-0.2, -0.15) is 8.42 Å². The van der Waals surface area contributed by atoms with Gasteiger partial charge in [-0.25, -0.2) is 0 Å². The van der Waals surface area contributed by atoms with E-state index >= 15 is 0 Å². The van der Waals surface area contributed by atoms with E-state index in [0.717, 1.165) is 31.8 Å². The Balaban J connectivity index is 0.000000568. The molecule has 9 heteroatoms. The van der Waals surface area contributed by atoms with Crippen LogP contribution in [0.3, 0.4) is 0 Å². The Kier molecular flexibility index (Phi) is 21.1. The fourth-order valence-corrected chi connectivity index (χ4v) is 2.81. The van der Waals surface area contributed by atoms with Crippen LogP contribution in [-0.2, 0) is 31.0 Å². The summed E-state index contributed by atoms with van der Waals surface area (Å²) >= 11 is 0. The number of ether oxygens (including phenoxy) is 3. The molecule has 8 nitrogen and oxygen atoms in total. The second kappa shape index (κ2) is 21.8. The quantitative estimate of drug-likeness (QED) is 0.168. The number of hydrogen-bond donors (Lipinski definition) is 3. The van der Waals surface area contributed by atoms with Crippen molar-refractivity contribution in [3.63, 3.8) is 0 Å². The molecule has 1 aromatic carbocycles. The lowest BCUT2D eigenvalue weighted by Gasteiger charge is -2.04. The van der Waals surface area contributed by atoms with E-state index in [9.17, 15) is 5.11 Å². The number of aryl methyl sites for hydroxylation is 1. The number of benzene rings is 1. The van der Waals surface area contributed by atoms with Crippen molar-refractivity contribution in [1.82, 2.24) is 0 Å². The summed E-state index contributed by atoms with van der Waals surface area (Å²) in [5.41, 5.74) is 1.10. The second-order valence-corrected chi connectivity index (χ2v) is 10.3. The van der Waals surface area contributed by atoms with Crippen molar-refractivity contribution in [2.75, 3.05) is 19.8 Å². The second-order valence-electron chi connectivity index (χ2n) is 9.44. The van der Waals surface area contributed by atoms with Crippen molar-refractivity contribution in [1.29, 1.82) is 0 Å². The van der Waals surface area contributed by atoms with Gasteiger partial charge in [0.1, 0.15) is 5.75 Å². The zero-order chi connectivity index (χ0) is 27.2. The molecule has 0 radical (unpaired) electrons. The Labute approximate surface area is 219 Å². The monoisotopic (exact) mass is 534 g/mol. The number of phenolic OH excluding ortho intramolecular Hbond substituents is 1. The lowest BCUT2D eigenvalue weighted by molar-refractivity contribution is 0.381. The molecule has 0 aromatic heterocycles. The molecule has 3 aliphatic heterocycles. The van der Waals surface area contributed by atoms with Gasteiger partial charge in [0, 0.05) is 0 Å². The standard InChI is InChI=1S/C18H30O.3C3H6O.H2O4S/c1-2-3-4-5-6-7-8-9-10-11-14-17-15-12-13-16-18(17)19;3*1-3-2-4-3;1-5(2,3)4/h12-13,15-16,19H,2-11,14H2,1H3;3*3H,2H2,1H3;(H2,1,2,3,4). The van der Waals surface area contributed by atoms with Crippen LogP contribution >= 0.6 is 0 Å². The molecule has 3 atom stereocenters. The van der Waals surface area contributed by atoms with Crippen molar-refractivity contribution in [3.8, 4) is 5.75 Å². The van der Waals surface area contributed by atoms with Gasteiger partial charge in [-0.15, -0.1) is 0 Å². The summed E-state index contributed by atoms with van der Waals surface area (Å²) in [7, 11) is -4.67. The van der Waals surface area contributed by atoms with E-state index in [0.29, 0.717) is 24.1 Å². The van der Waals surface area contributed by atoms with Crippen molar-refractivity contribution in [3.05, 3.63) is 29.8 Å². The zero-order valence-electron chi connectivity index (χ0n) is 22.7. The Morgan fingerprint density at radius 1 is 0.722 bits per heavy atom. The maximum Gasteiger partial charge on any atom is 0.394 e. The molecule has 0 bridgehead atoms. The van der Waals surface area contributed by atoms with E-state index in [4.69, 9.17) is 31.7 Å². The van der Waals surface area contributed by atoms with Gasteiger partial charge in [0.2, 0.25) is 0 Å². The molecule has 212 valence electrons. The highest BCUT2D eigenvalue weighted by Crippen LogP contribution is 2.19. The van der Waals surface area contributed by atoms with Crippen LogP contribution < -0.4 is 0 Å². The Hall–Kier alpha value is -1.23. The van der Waals surface area contributed by atoms with Crippen LogP contribution in [0.1, 0.15) is 97.5 Å². The van der Waals surface area contributed by atoms with E-state index in [1.165, 1.54) is 64.2 Å². The summed E-state index contributed by atoms with van der Waals surface area (Å²) in [6, 6.07) is 7.71. The van der Waals surface area contributed by atoms with E-state index < -0.39 is 10.4 Å². The largest absolute Gasteiger partial charge is 0.508 e. The molecule has 0 amide bonds. The Morgan fingerprint density at radius 2 is 1.03 bits per heavy atom. The van der Waals surface area contributed by atoms with Crippen LogP contribution in [0.5, 0.6) is 5.75 Å². The number of epoxide rings is 3. The third-order valence-corrected chi connectivity index (χ3v) is 5.29. The fourth-order valence-electron chi connectivity index (χ4n) is 2.81. The summed E-state index contributed by atoms with van der Waals surface area (Å²) in [6.45, 7) is 11.4. The molecule has 3 saturated heterocycles. The first-order chi connectivity index (χ1) is 17.0. The number of para-hydroxylation sites is 1. The normalized spacial score (nSPS) is 20.6. The number of hydrogen-bond acceptors (Lipinski definition) is 6. The Bertz CT molecular complexity index is 697. The molecule has 4 rings (SSSR count). The molecule has 3 unspecified atom stereocenters. The van der Waals surface area contributed by atoms with Crippen LogP contribution in [0.4, 0.5) is 0 Å². The van der Waals surface area contributed by atoms with E-state index in [-0.39, 0.29) is 0 Å². The molecule has 0 aliphatic carbocycles. The van der Waals surface area contributed by atoms with Gasteiger partial charge in [-0.3, -0.25) is 9.11 Å². The van der Waals surface area contributed by atoms with Crippen molar-refractivity contribution >= 4 is 10.4 Å². The van der Waals surface area contributed by atoms with Gasteiger partial charge in [0.05, 0.1) is 38.1 Å². The SMILES string of the molecule is CC1CO1.CC1CO1.CC1CO1.CCCCCCCCCCCCc1ccccc1O.O=S(=O)(O)O. The van der Waals surface area contributed by atoms with E-state index in [1.807, 2.05) is 18.2 Å². The summed E-state index contributed by atoms with van der Waals surface area (Å²) in [5, 5.41) is 9.65. The molecule has 3 aliphatic rings. The molecular weight excluding hydrogens is 484 g/mol. The van der Waals surface area contributed by atoms with Crippen LogP contribution in [0.25, 0.3) is 0 Å². The lowest BCUT2D eigenvalue weighted by Crippen LogP contribution is -1.89. The summed E-state index contributed by atoms with van der Waals surface area (Å²) < 4.78 is 45.7. The maximum absolute atomic E-state index is 9.65. The van der Waals surface area contributed by atoms with Gasteiger partial charge >= 0.3 is 10.4 Å². The average molecular weight is 535 g/mol. The first-order valence-electron chi connectivity index (χ1n) is 13.3. The summed E-state index contributed by atoms with van der Waals surface area (Å²) in [5.74, 6) is 0.457. The molecule has 0 spiro atoms. The Morgan fingerprint density at radius 3 is 1.33 bits per heavy atom. The molecular formula is C27H50O8S. The molecule has 3 fully saturated rings. The summed E-state index contributed by atoms with van der Waals surface area (Å²) in [4.78, 5) is 0. The highest BCUT2D eigenvalue weighted by atomic mass is 32.3. The number of rotatable bonds is 11. The minimum atomic E-state index is -4.67. The highest BCUT2D eigenvalue weighted by molar-refractivity contribution is 7.79. The van der Waals surface area contributed by atoms with Gasteiger partial charge in [0.15, 0.2) is 0 Å². The number of aromatic hydroxyl groups is 1. The minimum absolute atomic E-state index is 0.457. The molecule has 0 saturated carbocycles. The first kappa shape index (κ1) is 34.8. The minimum Gasteiger partial charge on any atom is -0.508 e. The van der Waals surface area contributed by atoms with Crippen LogP contribution in [0.2, 0.25) is 0 Å². The smallest absolute Gasteiger partial charge is 0.394 e. The lowest BCUT2D eigenvalue weighted by atomic mass is 10.0.